The van der Waals surface area contributed by atoms with Gasteiger partial charge < -0.3 is 20.5 Å². The fraction of sp³-hybridized carbons (Fsp3) is 0.464. The van der Waals surface area contributed by atoms with E-state index in [2.05, 4.69) is 34.9 Å². The maximum absolute atomic E-state index is 13.0. The molecular weight excluding hydrogens is 444 g/mol. The van der Waals surface area contributed by atoms with Crippen molar-refractivity contribution in [3.8, 4) is 11.1 Å². The Labute approximate surface area is 205 Å². The average Bonchev–Trinajstić information content (AvgIpc) is 3.56. The summed E-state index contributed by atoms with van der Waals surface area (Å²) in [5, 5.41) is 15.2. The molecule has 3 N–H and O–H groups in total. The Morgan fingerprint density at radius 2 is 1.46 bits per heavy atom. The summed E-state index contributed by atoms with van der Waals surface area (Å²) in [6.07, 6.45) is 4.43. The topological polar surface area (TPSA) is 105 Å². The number of amides is 2. The van der Waals surface area contributed by atoms with Crippen molar-refractivity contribution in [3.63, 3.8) is 0 Å². The number of fused-ring (bicyclic) bond motifs is 3. The van der Waals surface area contributed by atoms with Crippen LogP contribution in [0, 0.1) is 11.8 Å². The molecule has 0 aromatic heterocycles. The van der Waals surface area contributed by atoms with Gasteiger partial charge in [-0.3, -0.25) is 9.59 Å². The van der Waals surface area contributed by atoms with Crippen LogP contribution in [0.1, 0.15) is 62.0 Å². The van der Waals surface area contributed by atoms with Crippen molar-refractivity contribution in [1.82, 2.24) is 10.6 Å². The van der Waals surface area contributed by atoms with Gasteiger partial charge in [0.2, 0.25) is 5.91 Å². The minimum Gasteiger partial charge on any atom is -0.481 e. The summed E-state index contributed by atoms with van der Waals surface area (Å²) in [5.74, 6) is -1.27. The number of benzene rings is 2. The van der Waals surface area contributed by atoms with Crippen LogP contribution in [0.25, 0.3) is 11.1 Å². The Morgan fingerprint density at radius 1 is 0.829 bits per heavy atom. The molecule has 0 radical (unpaired) electrons. The van der Waals surface area contributed by atoms with E-state index in [1.165, 1.54) is 11.1 Å². The summed E-state index contributed by atoms with van der Waals surface area (Å²) in [6, 6.07) is 16.0. The van der Waals surface area contributed by atoms with Crippen molar-refractivity contribution in [2.24, 2.45) is 11.8 Å². The van der Waals surface area contributed by atoms with E-state index in [-0.39, 0.29) is 48.8 Å². The van der Waals surface area contributed by atoms with Crippen LogP contribution in [0.4, 0.5) is 4.79 Å². The molecule has 0 spiro atoms. The summed E-state index contributed by atoms with van der Waals surface area (Å²) in [5.41, 5.74) is 4.68. The standard InChI is InChI=1S/C28H32N2O5/c31-26(32)15-17-7-5-13-24(17)29-27(33)22-12-6-14-25(22)30-28(34)35-16-23-20-10-3-1-8-18(20)19-9-2-4-11-21(19)23/h1-4,8-11,17,22-25H,5-7,12-16H2,(H,29,33)(H,30,34)(H,31,32)/t17?,22-,24?,25+/m0/s1. The Hall–Kier alpha value is -3.35. The van der Waals surface area contributed by atoms with Gasteiger partial charge in [0.15, 0.2) is 0 Å². The second-order valence-corrected chi connectivity index (χ2v) is 10.0. The summed E-state index contributed by atoms with van der Waals surface area (Å²) in [4.78, 5) is 36.9. The van der Waals surface area contributed by atoms with Gasteiger partial charge in [-0.25, -0.2) is 4.79 Å². The fourth-order valence-electron chi connectivity index (χ4n) is 6.22. The molecule has 2 unspecified atom stereocenters. The number of ether oxygens (including phenoxy) is 1. The molecule has 3 aliphatic carbocycles. The van der Waals surface area contributed by atoms with E-state index in [1.807, 2.05) is 24.3 Å². The third kappa shape index (κ3) is 4.90. The maximum Gasteiger partial charge on any atom is 0.407 e. The van der Waals surface area contributed by atoms with Gasteiger partial charge in [0, 0.05) is 18.0 Å². The highest BCUT2D eigenvalue weighted by atomic mass is 16.5. The minimum absolute atomic E-state index is 0.00985. The first-order valence-electron chi connectivity index (χ1n) is 12.6. The Kier molecular flexibility index (Phi) is 6.75. The van der Waals surface area contributed by atoms with E-state index in [1.54, 1.807) is 0 Å². The Balaban J connectivity index is 1.17. The number of hydrogen-bond acceptors (Lipinski definition) is 4. The number of carboxylic acid groups (broad SMARTS) is 1. The second kappa shape index (κ2) is 10.1. The van der Waals surface area contributed by atoms with Gasteiger partial charge in [0.25, 0.3) is 0 Å². The molecule has 184 valence electrons. The van der Waals surface area contributed by atoms with Crippen molar-refractivity contribution in [3.05, 3.63) is 59.7 Å². The first kappa shape index (κ1) is 23.4. The van der Waals surface area contributed by atoms with E-state index in [0.717, 1.165) is 43.2 Å². The van der Waals surface area contributed by atoms with Crippen molar-refractivity contribution in [1.29, 1.82) is 0 Å². The smallest absolute Gasteiger partial charge is 0.407 e. The zero-order valence-corrected chi connectivity index (χ0v) is 19.7. The average molecular weight is 477 g/mol. The molecule has 35 heavy (non-hydrogen) atoms. The summed E-state index contributed by atoms with van der Waals surface area (Å²) >= 11 is 0. The minimum atomic E-state index is -0.827. The molecule has 3 aliphatic rings. The van der Waals surface area contributed by atoms with E-state index in [9.17, 15) is 14.4 Å². The monoisotopic (exact) mass is 476 g/mol. The first-order chi connectivity index (χ1) is 17.0. The van der Waals surface area contributed by atoms with Crippen LogP contribution in [0.5, 0.6) is 0 Å². The number of carbonyl (C=O) groups is 3. The van der Waals surface area contributed by atoms with Crippen molar-refractivity contribution in [2.45, 2.75) is 62.9 Å². The zero-order chi connectivity index (χ0) is 24.4. The van der Waals surface area contributed by atoms with Gasteiger partial charge >= 0.3 is 12.1 Å². The number of carboxylic acids is 1. The lowest BCUT2D eigenvalue weighted by Crippen LogP contribution is -2.47. The van der Waals surface area contributed by atoms with Crippen LogP contribution in [0.15, 0.2) is 48.5 Å². The summed E-state index contributed by atoms with van der Waals surface area (Å²) in [7, 11) is 0. The molecule has 0 saturated heterocycles. The molecule has 2 aromatic rings. The van der Waals surface area contributed by atoms with E-state index in [0.29, 0.717) is 6.42 Å². The van der Waals surface area contributed by atoms with E-state index < -0.39 is 12.1 Å². The number of nitrogens with one attached hydrogen (secondary N) is 2. The van der Waals surface area contributed by atoms with Gasteiger partial charge in [0.1, 0.15) is 6.61 Å². The van der Waals surface area contributed by atoms with Crippen molar-refractivity contribution < 1.29 is 24.2 Å². The lowest BCUT2D eigenvalue weighted by molar-refractivity contribution is -0.138. The Bertz CT molecular complexity index is 1070. The van der Waals surface area contributed by atoms with E-state index in [4.69, 9.17) is 9.84 Å². The lowest BCUT2D eigenvalue weighted by Gasteiger charge is -2.25. The molecule has 7 heteroatoms. The molecule has 2 saturated carbocycles. The second-order valence-electron chi connectivity index (χ2n) is 10.0. The van der Waals surface area contributed by atoms with Gasteiger partial charge in [-0.2, -0.15) is 0 Å². The third-order valence-corrected chi connectivity index (χ3v) is 7.92. The third-order valence-electron chi connectivity index (χ3n) is 7.92. The van der Waals surface area contributed by atoms with Gasteiger partial charge in [-0.05, 0) is 53.9 Å². The quantitative estimate of drug-likeness (QED) is 0.548. The molecule has 0 heterocycles. The number of alkyl carbamates (subject to hydrolysis) is 1. The molecular formula is C28H32N2O5. The number of hydrogen-bond donors (Lipinski definition) is 3. The SMILES string of the molecule is O=C(O)CC1CCCC1NC(=O)[C@H]1CCC[C@H]1NC(=O)OCC1c2ccccc2-c2ccccc21. The van der Waals surface area contributed by atoms with Crippen molar-refractivity contribution >= 4 is 18.0 Å². The predicted molar refractivity (Wildman–Crippen MR) is 131 cm³/mol. The molecule has 0 bridgehead atoms. The van der Waals surface area contributed by atoms with Crippen LogP contribution < -0.4 is 10.6 Å². The van der Waals surface area contributed by atoms with Gasteiger partial charge in [-0.15, -0.1) is 0 Å². The summed E-state index contributed by atoms with van der Waals surface area (Å²) in [6.45, 7) is 0.238. The zero-order valence-electron chi connectivity index (χ0n) is 19.7. The highest BCUT2D eigenvalue weighted by Gasteiger charge is 2.38. The molecule has 7 nitrogen and oxygen atoms in total. The highest BCUT2D eigenvalue weighted by molar-refractivity contribution is 5.81. The van der Waals surface area contributed by atoms with Gasteiger partial charge in [0.05, 0.1) is 12.3 Å². The van der Waals surface area contributed by atoms with E-state index >= 15 is 0 Å². The van der Waals surface area contributed by atoms with Crippen LogP contribution in [-0.4, -0.2) is 41.8 Å². The number of rotatable bonds is 7. The van der Waals surface area contributed by atoms with Crippen LogP contribution in [0.2, 0.25) is 0 Å². The van der Waals surface area contributed by atoms with Crippen LogP contribution >= 0.6 is 0 Å². The molecule has 4 atom stereocenters. The highest BCUT2D eigenvalue weighted by Crippen LogP contribution is 2.44. The normalized spacial score (nSPS) is 25.0. The van der Waals surface area contributed by atoms with Crippen LogP contribution in [0.3, 0.4) is 0 Å². The molecule has 2 fully saturated rings. The van der Waals surface area contributed by atoms with Crippen LogP contribution in [-0.2, 0) is 14.3 Å². The Morgan fingerprint density at radius 3 is 2.14 bits per heavy atom. The lowest BCUT2D eigenvalue weighted by atomic mass is 9.97. The molecule has 2 amide bonds. The van der Waals surface area contributed by atoms with Crippen molar-refractivity contribution in [2.75, 3.05) is 6.61 Å². The number of aliphatic carboxylic acids is 1. The first-order valence-corrected chi connectivity index (χ1v) is 12.6. The molecule has 5 rings (SSSR count). The maximum atomic E-state index is 13.0. The number of carbonyl (C=O) groups excluding carboxylic acids is 2. The molecule has 0 aliphatic heterocycles. The predicted octanol–water partition coefficient (Wildman–Crippen LogP) is 4.45. The summed E-state index contributed by atoms with van der Waals surface area (Å²) < 4.78 is 5.68. The van der Waals surface area contributed by atoms with Gasteiger partial charge in [-0.1, -0.05) is 61.4 Å². The largest absolute Gasteiger partial charge is 0.481 e. The fourth-order valence-corrected chi connectivity index (χ4v) is 6.22. The molecule has 2 aromatic carbocycles.